The number of aromatic nitrogens is 1. The molecular weight excluding hydrogens is 320 g/mol. The number of aliphatic hydroxyl groups is 1. The lowest BCUT2D eigenvalue weighted by molar-refractivity contribution is -0.133. The minimum Gasteiger partial charge on any atom is -0.391 e. The summed E-state index contributed by atoms with van der Waals surface area (Å²) < 4.78 is 0. The average Bonchev–Trinajstić information content (AvgIpc) is 2.96. The number of hydrogen-bond donors (Lipinski definition) is 1. The number of β-amino-alcohol motifs (C(OH)–C–C–N with tert-alkyl or cyclic N) is 1. The van der Waals surface area contributed by atoms with Crippen LogP contribution in [-0.2, 0) is 11.2 Å². The van der Waals surface area contributed by atoms with Crippen molar-refractivity contribution in [2.24, 2.45) is 0 Å². The molecule has 1 aliphatic rings. The Balaban J connectivity index is 1.69. The van der Waals surface area contributed by atoms with Gasteiger partial charge in [0.1, 0.15) is 5.01 Å². The number of halogens is 1. The molecule has 1 aromatic carbocycles. The number of carbonyl (C=O) groups excluding carboxylic acids is 1. The summed E-state index contributed by atoms with van der Waals surface area (Å²) in [6.45, 7) is 1.15. The Labute approximate surface area is 138 Å². The van der Waals surface area contributed by atoms with Crippen LogP contribution in [0.3, 0.4) is 0 Å². The number of aliphatic hydroxyl groups excluding tert-OH is 1. The van der Waals surface area contributed by atoms with E-state index in [4.69, 9.17) is 11.6 Å². The zero-order valence-corrected chi connectivity index (χ0v) is 13.6. The van der Waals surface area contributed by atoms with Crippen molar-refractivity contribution in [2.75, 3.05) is 13.1 Å². The summed E-state index contributed by atoms with van der Waals surface area (Å²) in [6, 6.07) is 7.56. The van der Waals surface area contributed by atoms with Crippen molar-refractivity contribution in [1.82, 2.24) is 9.88 Å². The lowest BCUT2D eigenvalue weighted by Crippen LogP contribution is -2.42. The number of likely N-dealkylation sites (tertiary alicyclic amines) is 1. The number of nitrogens with zero attached hydrogens (tertiary/aromatic N) is 2. The summed E-state index contributed by atoms with van der Waals surface area (Å²) in [7, 11) is 0. The molecule has 1 saturated heterocycles. The van der Waals surface area contributed by atoms with Crippen LogP contribution < -0.4 is 0 Å². The third-order valence-corrected chi connectivity index (χ3v) is 4.99. The summed E-state index contributed by atoms with van der Waals surface area (Å²) in [6.07, 6.45) is 1.51. The number of carbonyl (C=O) groups is 1. The Morgan fingerprint density at radius 2 is 2.27 bits per heavy atom. The molecule has 0 bridgehead atoms. The molecule has 1 atom stereocenters. The first kappa shape index (κ1) is 15.5. The first-order chi connectivity index (χ1) is 10.6. The maximum absolute atomic E-state index is 12.3. The summed E-state index contributed by atoms with van der Waals surface area (Å²) in [4.78, 5) is 18.5. The molecule has 0 radical (unpaired) electrons. The molecular formula is C16H17ClN2O2S. The van der Waals surface area contributed by atoms with E-state index in [1.165, 1.54) is 11.3 Å². The molecule has 4 nitrogen and oxygen atoms in total. The van der Waals surface area contributed by atoms with Gasteiger partial charge < -0.3 is 10.0 Å². The molecule has 1 aliphatic heterocycles. The van der Waals surface area contributed by atoms with E-state index in [-0.39, 0.29) is 12.3 Å². The number of thiazole rings is 1. The van der Waals surface area contributed by atoms with Crippen LogP contribution in [0, 0.1) is 0 Å². The van der Waals surface area contributed by atoms with Gasteiger partial charge in [0.05, 0.1) is 23.2 Å². The van der Waals surface area contributed by atoms with Crippen molar-refractivity contribution in [3.8, 4) is 10.6 Å². The topological polar surface area (TPSA) is 53.4 Å². The highest BCUT2D eigenvalue weighted by Gasteiger charge is 2.22. The molecule has 1 amide bonds. The van der Waals surface area contributed by atoms with Crippen LogP contribution in [0.5, 0.6) is 0 Å². The molecule has 2 heterocycles. The summed E-state index contributed by atoms with van der Waals surface area (Å²) in [5.74, 6) is 0.0229. The van der Waals surface area contributed by atoms with E-state index >= 15 is 0 Å². The Morgan fingerprint density at radius 3 is 3.05 bits per heavy atom. The van der Waals surface area contributed by atoms with Gasteiger partial charge in [-0.25, -0.2) is 4.98 Å². The largest absolute Gasteiger partial charge is 0.391 e. The van der Waals surface area contributed by atoms with Crippen molar-refractivity contribution in [3.05, 3.63) is 40.4 Å². The van der Waals surface area contributed by atoms with Crippen LogP contribution in [0.2, 0.25) is 5.02 Å². The number of amides is 1. The summed E-state index contributed by atoms with van der Waals surface area (Å²) >= 11 is 7.67. The zero-order valence-electron chi connectivity index (χ0n) is 12.0. The second kappa shape index (κ2) is 6.77. The second-order valence-corrected chi connectivity index (χ2v) is 6.70. The molecule has 0 aliphatic carbocycles. The van der Waals surface area contributed by atoms with Gasteiger partial charge in [-0.15, -0.1) is 11.3 Å². The van der Waals surface area contributed by atoms with Crippen LogP contribution in [0.1, 0.15) is 18.5 Å². The minimum atomic E-state index is -0.396. The number of benzene rings is 1. The molecule has 22 heavy (non-hydrogen) atoms. The van der Waals surface area contributed by atoms with Crippen LogP contribution in [0.15, 0.2) is 29.6 Å². The van der Waals surface area contributed by atoms with Gasteiger partial charge in [-0.1, -0.05) is 29.8 Å². The average molecular weight is 337 g/mol. The van der Waals surface area contributed by atoms with E-state index in [0.29, 0.717) is 11.6 Å². The highest BCUT2D eigenvalue weighted by Crippen LogP contribution is 2.30. The summed E-state index contributed by atoms with van der Waals surface area (Å²) in [5.41, 5.74) is 1.64. The molecule has 1 N–H and O–H groups in total. The number of piperidine rings is 1. The fraction of sp³-hybridized carbons (Fsp3) is 0.375. The standard InChI is InChI=1S/C16H17ClN2O2S/c17-14-6-2-1-5-13(14)16-18-11(10-22-16)8-15(21)19-7-3-4-12(20)9-19/h1-2,5-6,10,12,20H,3-4,7-9H2. The number of rotatable bonds is 3. The highest BCUT2D eigenvalue weighted by molar-refractivity contribution is 7.13. The predicted octanol–water partition coefficient (Wildman–Crippen LogP) is 2.99. The van der Waals surface area contributed by atoms with Crippen molar-refractivity contribution >= 4 is 28.8 Å². The Bertz CT molecular complexity index is 674. The maximum atomic E-state index is 12.3. The fourth-order valence-corrected chi connectivity index (χ4v) is 3.73. The lowest BCUT2D eigenvalue weighted by atomic mass is 10.1. The van der Waals surface area contributed by atoms with Crippen LogP contribution >= 0.6 is 22.9 Å². The first-order valence-electron chi connectivity index (χ1n) is 7.28. The van der Waals surface area contributed by atoms with Gasteiger partial charge in [-0.2, -0.15) is 0 Å². The highest BCUT2D eigenvalue weighted by atomic mass is 35.5. The van der Waals surface area contributed by atoms with E-state index in [0.717, 1.165) is 35.7 Å². The van der Waals surface area contributed by atoms with E-state index in [1.807, 2.05) is 29.6 Å². The Kier molecular flexibility index (Phi) is 4.76. The van der Waals surface area contributed by atoms with Crippen LogP contribution in [0.25, 0.3) is 10.6 Å². The number of hydrogen-bond acceptors (Lipinski definition) is 4. The molecule has 0 saturated carbocycles. The summed E-state index contributed by atoms with van der Waals surface area (Å²) in [5, 5.41) is 13.0. The van der Waals surface area contributed by atoms with E-state index in [1.54, 1.807) is 4.90 Å². The van der Waals surface area contributed by atoms with Gasteiger partial charge in [0.15, 0.2) is 0 Å². The SMILES string of the molecule is O=C(Cc1csc(-c2ccccc2Cl)n1)N1CCCC(O)C1. The quantitative estimate of drug-likeness (QED) is 0.937. The molecule has 2 aromatic rings. The van der Waals surface area contributed by atoms with E-state index < -0.39 is 6.10 Å². The molecule has 116 valence electrons. The van der Waals surface area contributed by atoms with Crippen molar-refractivity contribution in [3.63, 3.8) is 0 Å². The smallest absolute Gasteiger partial charge is 0.228 e. The zero-order chi connectivity index (χ0) is 15.5. The minimum absolute atomic E-state index is 0.0229. The lowest BCUT2D eigenvalue weighted by Gasteiger charge is -2.29. The third kappa shape index (κ3) is 3.48. The van der Waals surface area contributed by atoms with Crippen molar-refractivity contribution in [2.45, 2.75) is 25.4 Å². The van der Waals surface area contributed by atoms with Crippen LogP contribution in [-0.4, -0.2) is 40.1 Å². The Hall–Kier alpha value is -1.43. The predicted molar refractivity (Wildman–Crippen MR) is 88.1 cm³/mol. The van der Waals surface area contributed by atoms with Crippen molar-refractivity contribution < 1.29 is 9.90 Å². The molecule has 1 fully saturated rings. The molecule has 6 heteroatoms. The van der Waals surface area contributed by atoms with Crippen LogP contribution in [0.4, 0.5) is 0 Å². The third-order valence-electron chi connectivity index (χ3n) is 3.74. The monoisotopic (exact) mass is 336 g/mol. The van der Waals surface area contributed by atoms with Gasteiger partial charge in [-0.3, -0.25) is 4.79 Å². The van der Waals surface area contributed by atoms with Gasteiger partial charge in [0.25, 0.3) is 0 Å². The molecule has 1 aromatic heterocycles. The molecule has 1 unspecified atom stereocenters. The Morgan fingerprint density at radius 1 is 1.45 bits per heavy atom. The second-order valence-electron chi connectivity index (χ2n) is 5.44. The van der Waals surface area contributed by atoms with E-state index in [2.05, 4.69) is 4.98 Å². The van der Waals surface area contributed by atoms with Gasteiger partial charge in [-0.05, 0) is 18.9 Å². The normalized spacial score (nSPS) is 18.5. The maximum Gasteiger partial charge on any atom is 0.228 e. The van der Waals surface area contributed by atoms with E-state index in [9.17, 15) is 9.90 Å². The van der Waals surface area contributed by atoms with Gasteiger partial charge >= 0.3 is 0 Å². The molecule has 0 spiro atoms. The fourth-order valence-electron chi connectivity index (χ4n) is 2.59. The molecule has 3 rings (SSSR count). The van der Waals surface area contributed by atoms with Crippen molar-refractivity contribution in [1.29, 1.82) is 0 Å². The van der Waals surface area contributed by atoms with Gasteiger partial charge in [0, 0.05) is 24.0 Å². The van der Waals surface area contributed by atoms with Gasteiger partial charge in [0.2, 0.25) is 5.91 Å². The first-order valence-corrected chi connectivity index (χ1v) is 8.54.